The first-order valence-electron chi connectivity index (χ1n) is 8.41. The van der Waals surface area contributed by atoms with Crippen LogP contribution in [0.1, 0.15) is 11.4 Å². The van der Waals surface area contributed by atoms with E-state index in [0.29, 0.717) is 25.3 Å². The molecule has 2 N–H and O–H groups in total. The summed E-state index contributed by atoms with van der Waals surface area (Å²) in [5.74, 6) is 1.45. The first kappa shape index (κ1) is 16.2. The van der Waals surface area contributed by atoms with E-state index in [9.17, 15) is 5.11 Å². The van der Waals surface area contributed by atoms with Gasteiger partial charge in [-0.2, -0.15) is 5.10 Å². The van der Waals surface area contributed by atoms with Crippen LogP contribution in [0.3, 0.4) is 0 Å². The summed E-state index contributed by atoms with van der Waals surface area (Å²) in [4.78, 5) is 4.17. The van der Waals surface area contributed by atoms with E-state index in [2.05, 4.69) is 25.6 Å². The van der Waals surface area contributed by atoms with Gasteiger partial charge in [0.25, 0.3) is 5.78 Å². The third-order valence-electron chi connectivity index (χ3n) is 4.07. The number of aliphatic hydroxyl groups excluding tert-OH is 1. The fraction of sp³-hybridized carbons (Fsp3) is 0.222. The van der Waals surface area contributed by atoms with Crippen LogP contribution in [0.5, 0.6) is 0 Å². The summed E-state index contributed by atoms with van der Waals surface area (Å²) in [5.41, 5.74) is 2.09. The van der Waals surface area contributed by atoms with Crippen molar-refractivity contribution in [2.24, 2.45) is 0 Å². The van der Waals surface area contributed by atoms with E-state index < -0.39 is 6.10 Å². The number of benzene rings is 1. The van der Waals surface area contributed by atoms with Crippen molar-refractivity contribution >= 4 is 11.5 Å². The Morgan fingerprint density at radius 2 is 1.88 bits per heavy atom. The standard InChI is InChI=1S/C18H19N7O/c26-16(13-24-9-2-8-21-24)12-20-15-5-3-14(4-6-15)11-17-22-23-18-19-7-1-10-25(17)18/h1-10,16,20,26H,11-13H2. The maximum atomic E-state index is 10.1. The molecule has 1 aromatic carbocycles. The zero-order valence-electron chi connectivity index (χ0n) is 14.1. The molecule has 4 rings (SSSR count). The second-order valence-electron chi connectivity index (χ2n) is 6.04. The average Bonchev–Trinajstić information content (AvgIpc) is 3.32. The van der Waals surface area contributed by atoms with Crippen LogP contribution in [0, 0.1) is 0 Å². The van der Waals surface area contributed by atoms with Crippen molar-refractivity contribution in [3.05, 3.63) is 72.6 Å². The van der Waals surface area contributed by atoms with Gasteiger partial charge in [-0.1, -0.05) is 12.1 Å². The second kappa shape index (κ2) is 7.32. The number of anilines is 1. The molecule has 0 radical (unpaired) electrons. The van der Waals surface area contributed by atoms with Crippen LogP contribution < -0.4 is 5.32 Å². The number of hydrogen-bond donors (Lipinski definition) is 2. The van der Waals surface area contributed by atoms with Gasteiger partial charge in [0.15, 0.2) is 0 Å². The largest absolute Gasteiger partial charge is 0.389 e. The van der Waals surface area contributed by atoms with E-state index in [-0.39, 0.29) is 0 Å². The molecule has 0 saturated carbocycles. The topological polar surface area (TPSA) is 93.2 Å². The monoisotopic (exact) mass is 349 g/mol. The van der Waals surface area contributed by atoms with E-state index in [4.69, 9.17) is 0 Å². The summed E-state index contributed by atoms with van der Waals surface area (Å²) < 4.78 is 3.60. The highest BCUT2D eigenvalue weighted by Gasteiger charge is 2.08. The molecular formula is C18H19N7O. The highest BCUT2D eigenvalue weighted by molar-refractivity contribution is 5.45. The molecular weight excluding hydrogens is 330 g/mol. The lowest BCUT2D eigenvalue weighted by molar-refractivity contribution is 0.161. The Balaban J connectivity index is 1.34. The van der Waals surface area contributed by atoms with Gasteiger partial charge in [0.1, 0.15) is 5.82 Å². The lowest BCUT2D eigenvalue weighted by Crippen LogP contribution is -2.25. The molecule has 4 aromatic rings. The Bertz CT molecular complexity index is 963. The maximum Gasteiger partial charge on any atom is 0.254 e. The summed E-state index contributed by atoms with van der Waals surface area (Å²) in [6, 6.07) is 11.8. The van der Waals surface area contributed by atoms with Crippen molar-refractivity contribution in [3.8, 4) is 0 Å². The first-order chi connectivity index (χ1) is 12.8. The van der Waals surface area contributed by atoms with Crippen molar-refractivity contribution < 1.29 is 5.11 Å². The number of aromatic nitrogens is 6. The second-order valence-corrected chi connectivity index (χ2v) is 6.04. The molecule has 132 valence electrons. The highest BCUT2D eigenvalue weighted by atomic mass is 16.3. The molecule has 3 aromatic heterocycles. The van der Waals surface area contributed by atoms with Crippen molar-refractivity contribution in [1.82, 2.24) is 29.4 Å². The van der Waals surface area contributed by atoms with Crippen LogP contribution in [0.2, 0.25) is 0 Å². The molecule has 26 heavy (non-hydrogen) atoms. The third kappa shape index (κ3) is 3.70. The van der Waals surface area contributed by atoms with Gasteiger partial charge in [0, 0.05) is 43.4 Å². The number of nitrogens with zero attached hydrogens (tertiary/aromatic N) is 6. The van der Waals surface area contributed by atoms with Crippen LogP contribution >= 0.6 is 0 Å². The van der Waals surface area contributed by atoms with Gasteiger partial charge in [-0.05, 0) is 29.8 Å². The summed E-state index contributed by atoms with van der Waals surface area (Å²) in [5, 5.41) is 25.7. The number of nitrogens with one attached hydrogen (secondary N) is 1. The van der Waals surface area contributed by atoms with Gasteiger partial charge >= 0.3 is 0 Å². The average molecular weight is 349 g/mol. The predicted molar refractivity (Wildman–Crippen MR) is 96.8 cm³/mol. The van der Waals surface area contributed by atoms with Gasteiger partial charge in [-0.25, -0.2) is 4.98 Å². The van der Waals surface area contributed by atoms with Crippen molar-refractivity contribution in [2.45, 2.75) is 19.1 Å². The summed E-state index contributed by atoms with van der Waals surface area (Å²) in [6.45, 7) is 0.922. The third-order valence-corrected chi connectivity index (χ3v) is 4.07. The van der Waals surface area contributed by atoms with Crippen LogP contribution in [0.4, 0.5) is 5.69 Å². The van der Waals surface area contributed by atoms with Crippen LogP contribution in [-0.2, 0) is 13.0 Å². The van der Waals surface area contributed by atoms with Gasteiger partial charge in [-0.3, -0.25) is 9.08 Å². The number of aliphatic hydroxyl groups is 1. The highest BCUT2D eigenvalue weighted by Crippen LogP contribution is 2.13. The minimum Gasteiger partial charge on any atom is -0.389 e. The Labute approximate surface area is 150 Å². The quantitative estimate of drug-likeness (QED) is 0.524. The van der Waals surface area contributed by atoms with E-state index in [1.165, 1.54) is 0 Å². The smallest absolute Gasteiger partial charge is 0.254 e. The van der Waals surface area contributed by atoms with Gasteiger partial charge in [0.05, 0.1) is 12.6 Å². The van der Waals surface area contributed by atoms with Gasteiger partial charge in [0.2, 0.25) is 0 Å². The SMILES string of the molecule is OC(CNc1ccc(Cc2nnc3ncccn23)cc1)Cn1cccn1. The van der Waals surface area contributed by atoms with Gasteiger partial charge < -0.3 is 10.4 Å². The molecule has 0 aliphatic rings. The summed E-state index contributed by atoms with van der Waals surface area (Å²) in [7, 11) is 0. The fourth-order valence-electron chi connectivity index (χ4n) is 2.76. The molecule has 1 unspecified atom stereocenters. The zero-order chi connectivity index (χ0) is 17.8. The van der Waals surface area contributed by atoms with Gasteiger partial charge in [-0.15, -0.1) is 10.2 Å². The minimum absolute atomic E-state index is 0.458. The van der Waals surface area contributed by atoms with Crippen molar-refractivity contribution in [2.75, 3.05) is 11.9 Å². The lowest BCUT2D eigenvalue weighted by Gasteiger charge is -2.13. The predicted octanol–water partition coefficient (Wildman–Crippen LogP) is 1.38. The number of fused-ring (bicyclic) bond motifs is 1. The molecule has 3 heterocycles. The van der Waals surface area contributed by atoms with Crippen molar-refractivity contribution in [3.63, 3.8) is 0 Å². The molecule has 0 bridgehead atoms. The molecule has 0 amide bonds. The molecule has 1 atom stereocenters. The molecule has 0 spiro atoms. The van der Waals surface area contributed by atoms with Crippen molar-refractivity contribution in [1.29, 1.82) is 0 Å². The molecule has 8 nitrogen and oxygen atoms in total. The molecule has 0 fully saturated rings. The fourth-order valence-corrected chi connectivity index (χ4v) is 2.76. The molecule has 8 heteroatoms. The van der Waals surface area contributed by atoms with E-state index in [0.717, 1.165) is 17.1 Å². The van der Waals surface area contributed by atoms with E-state index >= 15 is 0 Å². The van der Waals surface area contributed by atoms with Crippen LogP contribution in [0.25, 0.3) is 5.78 Å². The van der Waals surface area contributed by atoms with Crippen LogP contribution in [0.15, 0.2) is 61.2 Å². The Hall–Kier alpha value is -3.26. The van der Waals surface area contributed by atoms with E-state index in [1.807, 2.05) is 53.2 Å². The normalized spacial score (nSPS) is 12.3. The molecule has 0 aliphatic heterocycles. The zero-order valence-corrected chi connectivity index (χ0v) is 14.1. The summed E-state index contributed by atoms with van der Waals surface area (Å²) >= 11 is 0. The van der Waals surface area contributed by atoms with E-state index in [1.54, 1.807) is 17.1 Å². The summed E-state index contributed by atoms with van der Waals surface area (Å²) in [6.07, 6.45) is 7.32. The minimum atomic E-state index is -0.510. The van der Waals surface area contributed by atoms with Crippen LogP contribution in [-0.4, -0.2) is 47.1 Å². The Kier molecular flexibility index (Phi) is 4.57. The molecule has 0 aliphatic carbocycles. The number of rotatable bonds is 7. The Morgan fingerprint density at radius 1 is 1.04 bits per heavy atom. The Morgan fingerprint density at radius 3 is 2.69 bits per heavy atom. The molecule has 0 saturated heterocycles. The lowest BCUT2D eigenvalue weighted by atomic mass is 10.1. The first-order valence-corrected chi connectivity index (χ1v) is 8.41. The maximum absolute atomic E-state index is 10.1. The number of hydrogen-bond acceptors (Lipinski definition) is 6.